The van der Waals surface area contributed by atoms with E-state index in [1.165, 1.54) is 0 Å². The molecule has 2 rings (SSSR count). The Kier molecular flexibility index (Phi) is 5.00. The predicted octanol–water partition coefficient (Wildman–Crippen LogP) is 2.51. The molecule has 98 valence electrons. The summed E-state index contributed by atoms with van der Waals surface area (Å²) in [6.07, 6.45) is 2.07. The Labute approximate surface area is 122 Å². The fraction of sp³-hybridized carbons (Fsp3) is 0.500. The molecule has 1 N–H and O–H groups in total. The summed E-state index contributed by atoms with van der Waals surface area (Å²) >= 11 is 2.26. The highest BCUT2D eigenvalue weighted by Gasteiger charge is 2.26. The van der Waals surface area contributed by atoms with Gasteiger partial charge in [0.1, 0.15) is 0 Å². The lowest BCUT2D eigenvalue weighted by molar-refractivity contribution is 0.0692. The minimum absolute atomic E-state index is 0.168. The van der Waals surface area contributed by atoms with Gasteiger partial charge < -0.3 is 10.2 Å². The molecule has 1 saturated heterocycles. The molecule has 0 radical (unpaired) electrons. The molecule has 0 spiro atoms. The average molecular weight is 358 g/mol. The lowest BCUT2D eigenvalue weighted by Gasteiger charge is -2.28. The third-order valence-electron chi connectivity index (χ3n) is 3.29. The quantitative estimate of drug-likeness (QED) is 0.839. The van der Waals surface area contributed by atoms with E-state index in [0.717, 1.165) is 41.6 Å². The number of amides is 1. The minimum atomic E-state index is 0.168. The van der Waals surface area contributed by atoms with Crippen molar-refractivity contribution in [3.05, 3.63) is 33.4 Å². The van der Waals surface area contributed by atoms with Gasteiger partial charge in [-0.25, -0.2) is 0 Å². The van der Waals surface area contributed by atoms with Crippen LogP contribution < -0.4 is 5.32 Å². The van der Waals surface area contributed by atoms with E-state index in [1.54, 1.807) is 0 Å². The van der Waals surface area contributed by atoms with Gasteiger partial charge in [-0.05, 0) is 66.2 Å². The molecule has 1 aromatic rings. The molecule has 1 amide bonds. The summed E-state index contributed by atoms with van der Waals surface area (Å²) < 4.78 is 1.16. The van der Waals surface area contributed by atoms with E-state index >= 15 is 0 Å². The number of hydrogen-bond acceptors (Lipinski definition) is 2. The van der Waals surface area contributed by atoms with Crippen LogP contribution >= 0.6 is 22.6 Å². The molecule has 1 aliphatic heterocycles. The summed E-state index contributed by atoms with van der Waals surface area (Å²) in [6.45, 7) is 4.91. The van der Waals surface area contributed by atoms with E-state index in [1.807, 2.05) is 29.2 Å². The van der Waals surface area contributed by atoms with Crippen molar-refractivity contribution in [2.24, 2.45) is 0 Å². The second kappa shape index (κ2) is 6.52. The van der Waals surface area contributed by atoms with Crippen molar-refractivity contribution in [1.29, 1.82) is 0 Å². The Balaban J connectivity index is 2.14. The smallest absolute Gasteiger partial charge is 0.254 e. The molecule has 1 atom stereocenters. The van der Waals surface area contributed by atoms with Crippen LogP contribution in [-0.4, -0.2) is 36.5 Å². The van der Waals surface area contributed by atoms with Gasteiger partial charge in [0.25, 0.3) is 5.91 Å². The summed E-state index contributed by atoms with van der Waals surface area (Å²) in [5, 5.41) is 3.33. The van der Waals surface area contributed by atoms with Gasteiger partial charge in [0.2, 0.25) is 0 Å². The fourth-order valence-electron chi connectivity index (χ4n) is 2.35. The Morgan fingerprint density at radius 1 is 1.44 bits per heavy atom. The maximum Gasteiger partial charge on any atom is 0.254 e. The first-order valence-corrected chi connectivity index (χ1v) is 7.57. The molecule has 0 aliphatic carbocycles. The van der Waals surface area contributed by atoms with Gasteiger partial charge in [-0.3, -0.25) is 4.79 Å². The van der Waals surface area contributed by atoms with Gasteiger partial charge in [0, 0.05) is 28.3 Å². The van der Waals surface area contributed by atoms with Crippen molar-refractivity contribution in [1.82, 2.24) is 10.2 Å². The maximum absolute atomic E-state index is 12.5. The zero-order valence-corrected chi connectivity index (χ0v) is 12.8. The zero-order valence-electron chi connectivity index (χ0n) is 10.7. The van der Waals surface area contributed by atoms with Gasteiger partial charge in [0.05, 0.1) is 0 Å². The number of rotatable bonds is 4. The number of carbonyl (C=O) groups is 1. The highest BCUT2D eigenvalue weighted by Crippen LogP contribution is 2.15. The highest BCUT2D eigenvalue weighted by atomic mass is 127. The van der Waals surface area contributed by atoms with Crippen molar-refractivity contribution in [3.63, 3.8) is 0 Å². The molecule has 18 heavy (non-hydrogen) atoms. The van der Waals surface area contributed by atoms with Crippen LogP contribution in [-0.2, 0) is 0 Å². The molecule has 1 aromatic carbocycles. The lowest BCUT2D eigenvalue weighted by Crippen LogP contribution is -2.42. The number of hydrogen-bond donors (Lipinski definition) is 1. The van der Waals surface area contributed by atoms with Gasteiger partial charge >= 0.3 is 0 Å². The number of carbonyl (C=O) groups excluding carboxylic acids is 1. The van der Waals surface area contributed by atoms with E-state index in [9.17, 15) is 4.79 Å². The molecular weight excluding hydrogens is 339 g/mol. The molecule has 1 heterocycles. The van der Waals surface area contributed by atoms with E-state index < -0.39 is 0 Å². The van der Waals surface area contributed by atoms with Gasteiger partial charge in [-0.2, -0.15) is 0 Å². The molecule has 0 aromatic heterocycles. The van der Waals surface area contributed by atoms with Crippen LogP contribution in [0.2, 0.25) is 0 Å². The third-order valence-corrected chi connectivity index (χ3v) is 4.01. The predicted molar refractivity (Wildman–Crippen MR) is 81.8 cm³/mol. The Morgan fingerprint density at radius 3 is 2.72 bits per heavy atom. The number of nitrogens with one attached hydrogen (secondary N) is 1. The van der Waals surface area contributed by atoms with Crippen molar-refractivity contribution in [2.75, 3.05) is 19.6 Å². The van der Waals surface area contributed by atoms with Crippen molar-refractivity contribution < 1.29 is 4.79 Å². The molecule has 0 bridgehead atoms. The zero-order chi connectivity index (χ0) is 13.0. The van der Waals surface area contributed by atoms with Crippen molar-refractivity contribution in [2.45, 2.75) is 25.8 Å². The summed E-state index contributed by atoms with van der Waals surface area (Å²) in [5.74, 6) is 0.168. The van der Waals surface area contributed by atoms with Crippen LogP contribution in [0.5, 0.6) is 0 Å². The lowest BCUT2D eigenvalue weighted by atomic mass is 10.1. The topological polar surface area (TPSA) is 32.3 Å². The van der Waals surface area contributed by atoms with Gasteiger partial charge in [-0.1, -0.05) is 6.92 Å². The van der Waals surface area contributed by atoms with Crippen LogP contribution in [0.3, 0.4) is 0 Å². The molecule has 1 unspecified atom stereocenters. The van der Waals surface area contributed by atoms with Gasteiger partial charge in [-0.15, -0.1) is 0 Å². The van der Waals surface area contributed by atoms with E-state index in [0.29, 0.717) is 6.04 Å². The summed E-state index contributed by atoms with van der Waals surface area (Å²) in [7, 11) is 0. The highest BCUT2D eigenvalue weighted by molar-refractivity contribution is 14.1. The fourth-order valence-corrected chi connectivity index (χ4v) is 2.71. The summed E-state index contributed by atoms with van der Waals surface area (Å²) in [6, 6.07) is 8.19. The molecule has 3 nitrogen and oxygen atoms in total. The maximum atomic E-state index is 12.5. The average Bonchev–Trinajstić information content (AvgIpc) is 2.90. The summed E-state index contributed by atoms with van der Waals surface area (Å²) in [5.41, 5.74) is 0.802. The molecule has 1 fully saturated rings. The van der Waals surface area contributed by atoms with Crippen molar-refractivity contribution in [3.8, 4) is 0 Å². The number of nitrogens with zero attached hydrogens (tertiary/aromatic N) is 1. The third kappa shape index (κ3) is 3.23. The summed E-state index contributed by atoms with van der Waals surface area (Å²) in [4.78, 5) is 14.6. The van der Waals surface area contributed by atoms with Crippen LogP contribution in [0.4, 0.5) is 0 Å². The molecule has 1 aliphatic rings. The number of halogens is 1. The largest absolute Gasteiger partial charge is 0.334 e. The second-order valence-electron chi connectivity index (χ2n) is 4.65. The molecule has 0 saturated carbocycles. The van der Waals surface area contributed by atoms with Crippen LogP contribution in [0.25, 0.3) is 0 Å². The SMILES string of the molecule is CCCN(C(=O)c1ccc(I)cc1)C1CCNC1. The van der Waals surface area contributed by atoms with E-state index in [2.05, 4.69) is 34.8 Å². The van der Waals surface area contributed by atoms with Crippen LogP contribution in [0, 0.1) is 3.57 Å². The Bertz CT molecular complexity index is 399. The first-order chi connectivity index (χ1) is 8.72. The van der Waals surface area contributed by atoms with Crippen molar-refractivity contribution >= 4 is 28.5 Å². The van der Waals surface area contributed by atoms with Crippen LogP contribution in [0.1, 0.15) is 30.1 Å². The van der Waals surface area contributed by atoms with Gasteiger partial charge in [0.15, 0.2) is 0 Å². The monoisotopic (exact) mass is 358 g/mol. The standard InChI is InChI=1S/C14H19IN2O/c1-2-9-17(13-7-8-16-10-13)14(18)11-3-5-12(15)6-4-11/h3-6,13,16H,2,7-10H2,1H3. The number of benzene rings is 1. The Hall–Kier alpha value is -0.620. The molecule has 4 heteroatoms. The Morgan fingerprint density at radius 2 is 2.17 bits per heavy atom. The van der Waals surface area contributed by atoms with E-state index in [4.69, 9.17) is 0 Å². The van der Waals surface area contributed by atoms with E-state index in [-0.39, 0.29) is 5.91 Å². The normalized spacial score (nSPS) is 18.9. The second-order valence-corrected chi connectivity index (χ2v) is 5.90. The minimum Gasteiger partial charge on any atom is -0.334 e. The van der Waals surface area contributed by atoms with Crippen LogP contribution in [0.15, 0.2) is 24.3 Å². The first kappa shape index (κ1) is 13.8. The first-order valence-electron chi connectivity index (χ1n) is 6.49. The molecular formula is C14H19IN2O.